The van der Waals surface area contributed by atoms with Crippen molar-refractivity contribution >= 4 is 22.8 Å². The highest BCUT2D eigenvalue weighted by atomic mass is 15.3. The zero-order chi connectivity index (χ0) is 20.5. The summed E-state index contributed by atoms with van der Waals surface area (Å²) in [5, 5.41) is 7.79. The Kier molecular flexibility index (Phi) is 4.94. The van der Waals surface area contributed by atoms with Crippen molar-refractivity contribution in [2.45, 2.75) is 6.54 Å². The first-order valence-corrected chi connectivity index (χ1v) is 10.2. The quantitative estimate of drug-likeness (QED) is 0.535. The lowest BCUT2D eigenvalue weighted by atomic mass is 10.1. The lowest BCUT2D eigenvalue weighted by Gasteiger charge is -2.32. The summed E-state index contributed by atoms with van der Waals surface area (Å²) in [7, 11) is 4.10. The zero-order valence-corrected chi connectivity index (χ0v) is 17.3. The lowest BCUT2D eigenvalue weighted by molar-refractivity contribution is 0.148. The third-order valence-electron chi connectivity index (χ3n) is 5.56. The molecule has 0 saturated carbocycles. The molecule has 4 aromatic rings. The molecule has 30 heavy (non-hydrogen) atoms. The van der Waals surface area contributed by atoms with Crippen LogP contribution in [0.3, 0.4) is 0 Å². The number of imidazole rings is 1. The molecule has 0 aliphatic carbocycles. The zero-order valence-electron chi connectivity index (χ0n) is 17.3. The van der Waals surface area contributed by atoms with E-state index in [0.29, 0.717) is 5.95 Å². The molecule has 0 radical (unpaired) electrons. The van der Waals surface area contributed by atoms with Crippen LogP contribution in [-0.2, 0) is 13.6 Å². The van der Waals surface area contributed by atoms with Crippen LogP contribution in [0.5, 0.6) is 0 Å². The maximum atomic E-state index is 4.65. The molecule has 0 spiro atoms. The van der Waals surface area contributed by atoms with E-state index in [-0.39, 0.29) is 0 Å². The van der Waals surface area contributed by atoms with E-state index >= 15 is 0 Å². The van der Waals surface area contributed by atoms with Crippen LogP contribution < -0.4 is 5.32 Å². The summed E-state index contributed by atoms with van der Waals surface area (Å²) in [5.41, 5.74) is 5.14. The number of hydrogen-bond acceptors (Lipinski definition) is 6. The Balaban J connectivity index is 1.31. The smallest absolute Gasteiger partial charge is 0.206 e. The topological polar surface area (TPSA) is 77.9 Å². The van der Waals surface area contributed by atoms with Crippen molar-refractivity contribution in [3.8, 4) is 11.3 Å². The third kappa shape index (κ3) is 4.05. The minimum atomic E-state index is 0.687. The van der Waals surface area contributed by atoms with Gasteiger partial charge in [-0.05, 0) is 42.9 Å². The molecule has 3 aromatic heterocycles. The van der Waals surface area contributed by atoms with E-state index in [2.05, 4.69) is 60.4 Å². The molecule has 0 atom stereocenters. The van der Waals surface area contributed by atoms with Gasteiger partial charge in [0.2, 0.25) is 5.95 Å². The molecule has 1 aromatic carbocycles. The van der Waals surface area contributed by atoms with Gasteiger partial charge in [0.05, 0.1) is 16.7 Å². The number of H-pyrrole nitrogens is 1. The fourth-order valence-corrected chi connectivity index (χ4v) is 3.82. The number of aromatic amines is 1. The molecule has 1 aliphatic rings. The largest absolute Gasteiger partial charge is 0.324 e. The second-order valence-corrected chi connectivity index (χ2v) is 7.95. The Bertz CT molecular complexity index is 1150. The number of pyridine rings is 1. The van der Waals surface area contributed by atoms with Crippen molar-refractivity contribution in [3.63, 3.8) is 0 Å². The summed E-state index contributed by atoms with van der Waals surface area (Å²) < 4.78 is 1.81. The van der Waals surface area contributed by atoms with E-state index < -0.39 is 0 Å². The minimum Gasteiger partial charge on any atom is -0.324 e. The highest BCUT2D eigenvalue weighted by Gasteiger charge is 2.14. The number of nitrogens with zero attached hydrogens (tertiary/aromatic N) is 6. The maximum Gasteiger partial charge on any atom is 0.206 e. The number of piperazine rings is 1. The van der Waals surface area contributed by atoms with Crippen LogP contribution in [0.1, 0.15) is 5.56 Å². The summed E-state index contributed by atoms with van der Waals surface area (Å²) in [6.07, 6.45) is 3.80. The van der Waals surface area contributed by atoms with Gasteiger partial charge in [-0.3, -0.25) is 9.58 Å². The number of hydrogen-bond donors (Lipinski definition) is 2. The second kappa shape index (κ2) is 7.89. The number of benzene rings is 1. The number of likely N-dealkylation sites (N-methyl/N-ethyl adjacent to an activating group) is 1. The molecule has 0 amide bonds. The Morgan fingerprint density at radius 1 is 1.03 bits per heavy atom. The average molecular weight is 403 g/mol. The van der Waals surface area contributed by atoms with Crippen molar-refractivity contribution in [3.05, 3.63) is 54.4 Å². The number of rotatable bonds is 5. The maximum absolute atomic E-state index is 4.65. The van der Waals surface area contributed by atoms with Crippen molar-refractivity contribution in [1.29, 1.82) is 0 Å². The van der Waals surface area contributed by atoms with Crippen molar-refractivity contribution < 1.29 is 0 Å². The van der Waals surface area contributed by atoms with Gasteiger partial charge in [-0.1, -0.05) is 6.07 Å². The van der Waals surface area contributed by atoms with Crippen LogP contribution in [0.4, 0.5) is 11.8 Å². The molecule has 1 fully saturated rings. The Hall–Kier alpha value is -3.23. The SMILES string of the molecule is CN1CCN(Cc2ccnc(Nc3nc4ccc(-c5ccn(C)n5)cc4[nH]3)c2)CC1. The van der Waals surface area contributed by atoms with Gasteiger partial charge in [0.25, 0.3) is 0 Å². The lowest BCUT2D eigenvalue weighted by Crippen LogP contribution is -2.43. The first kappa shape index (κ1) is 18.8. The summed E-state index contributed by atoms with van der Waals surface area (Å²) in [6, 6.07) is 12.3. The van der Waals surface area contributed by atoms with E-state index in [4.69, 9.17) is 0 Å². The van der Waals surface area contributed by atoms with Gasteiger partial charge in [-0.2, -0.15) is 5.10 Å². The summed E-state index contributed by atoms with van der Waals surface area (Å²) in [4.78, 5) is 17.3. The van der Waals surface area contributed by atoms with Crippen LogP contribution in [0, 0.1) is 0 Å². The number of fused-ring (bicyclic) bond motifs is 1. The summed E-state index contributed by atoms with van der Waals surface area (Å²) in [6.45, 7) is 5.39. The summed E-state index contributed by atoms with van der Waals surface area (Å²) in [5.74, 6) is 1.48. The molecule has 8 heteroatoms. The number of nitrogens with one attached hydrogen (secondary N) is 2. The molecule has 0 unspecified atom stereocenters. The predicted molar refractivity (Wildman–Crippen MR) is 119 cm³/mol. The van der Waals surface area contributed by atoms with Gasteiger partial charge in [0.1, 0.15) is 5.82 Å². The highest BCUT2D eigenvalue weighted by Crippen LogP contribution is 2.24. The van der Waals surface area contributed by atoms with E-state index in [1.165, 1.54) is 5.56 Å². The fourth-order valence-electron chi connectivity index (χ4n) is 3.82. The molecule has 1 saturated heterocycles. The van der Waals surface area contributed by atoms with Crippen molar-refractivity contribution in [2.24, 2.45) is 7.05 Å². The van der Waals surface area contributed by atoms with Gasteiger partial charge in [0.15, 0.2) is 0 Å². The van der Waals surface area contributed by atoms with E-state index in [9.17, 15) is 0 Å². The fraction of sp³-hybridized carbons (Fsp3) is 0.318. The van der Waals surface area contributed by atoms with Crippen LogP contribution >= 0.6 is 0 Å². The Labute approximate surface area is 175 Å². The van der Waals surface area contributed by atoms with Crippen molar-refractivity contribution in [1.82, 2.24) is 34.5 Å². The molecule has 2 N–H and O–H groups in total. The minimum absolute atomic E-state index is 0.687. The Morgan fingerprint density at radius 3 is 2.70 bits per heavy atom. The van der Waals surface area contributed by atoms with Gasteiger partial charge >= 0.3 is 0 Å². The van der Waals surface area contributed by atoms with Gasteiger partial charge in [-0.25, -0.2) is 9.97 Å². The van der Waals surface area contributed by atoms with E-state index in [0.717, 1.165) is 60.8 Å². The molecular formula is C22H26N8. The van der Waals surface area contributed by atoms with E-state index in [1.807, 2.05) is 37.6 Å². The molecule has 4 heterocycles. The van der Waals surface area contributed by atoms with Crippen LogP contribution in [-0.4, -0.2) is 67.8 Å². The monoisotopic (exact) mass is 402 g/mol. The molecule has 154 valence electrons. The van der Waals surface area contributed by atoms with Crippen LogP contribution in [0.15, 0.2) is 48.8 Å². The van der Waals surface area contributed by atoms with Crippen molar-refractivity contribution in [2.75, 3.05) is 38.5 Å². The van der Waals surface area contributed by atoms with Crippen LogP contribution in [0.25, 0.3) is 22.3 Å². The van der Waals surface area contributed by atoms with Crippen LogP contribution in [0.2, 0.25) is 0 Å². The summed E-state index contributed by atoms with van der Waals surface area (Å²) >= 11 is 0. The molecule has 5 rings (SSSR count). The van der Waals surface area contributed by atoms with Gasteiger partial charge in [-0.15, -0.1) is 0 Å². The predicted octanol–water partition coefficient (Wildman–Crippen LogP) is 2.85. The highest BCUT2D eigenvalue weighted by molar-refractivity contribution is 5.83. The van der Waals surface area contributed by atoms with Gasteiger partial charge in [0, 0.05) is 57.7 Å². The molecule has 8 nitrogen and oxygen atoms in total. The number of anilines is 2. The normalized spacial score (nSPS) is 15.7. The third-order valence-corrected chi connectivity index (χ3v) is 5.56. The second-order valence-electron chi connectivity index (χ2n) is 7.95. The van der Waals surface area contributed by atoms with E-state index in [1.54, 1.807) is 4.68 Å². The first-order valence-electron chi connectivity index (χ1n) is 10.2. The molecule has 0 bridgehead atoms. The average Bonchev–Trinajstić information content (AvgIpc) is 3.35. The standard InChI is InChI=1S/C22H26N8/c1-28-9-11-30(12-10-28)15-16-5-7-23-21(13-16)26-22-24-19-4-3-17(14-20(19)25-22)18-6-8-29(2)27-18/h3-8,13-14H,9-12,15H2,1-2H3,(H2,23,24,25,26). The van der Waals surface area contributed by atoms with Gasteiger partial charge < -0.3 is 15.2 Å². The molecular weight excluding hydrogens is 376 g/mol. The molecule has 1 aliphatic heterocycles. The first-order chi connectivity index (χ1) is 14.6. The number of aryl methyl sites for hydroxylation is 1. The Morgan fingerprint density at radius 2 is 1.90 bits per heavy atom. The number of aromatic nitrogens is 5.